The molecule has 0 spiro atoms. The van der Waals surface area contributed by atoms with Gasteiger partial charge in [-0.2, -0.15) is 0 Å². The summed E-state index contributed by atoms with van der Waals surface area (Å²) in [6, 6.07) is 53.5. The van der Waals surface area contributed by atoms with Crippen LogP contribution in [0, 0.1) is 11.8 Å². The van der Waals surface area contributed by atoms with Crippen molar-refractivity contribution in [2.75, 3.05) is 27.4 Å². The predicted octanol–water partition coefficient (Wildman–Crippen LogP) is 13.0. The average Bonchev–Trinajstić information content (AvgIpc) is 4.46. The topological polar surface area (TPSA) is 134 Å². The molecule has 1 aliphatic heterocycles. The van der Waals surface area contributed by atoms with E-state index in [2.05, 4.69) is 70.5 Å². The highest BCUT2D eigenvalue weighted by atomic mass is 32.2. The number of thioether (sulfide) groups is 1. The van der Waals surface area contributed by atoms with Crippen LogP contribution in [0.3, 0.4) is 0 Å². The van der Waals surface area contributed by atoms with Gasteiger partial charge in [-0.3, -0.25) is 9.69 Å². The number of ether oxygens (including phenoxy) is 4. The first-order chi connectivity index (χ1) is 39.2. The molecule has 1 saturated heterocycles. The van der Waals surface area contributed by atoms with Gasteiger partial charge in [0.2, 0.25) is 0 Å². The van der Waals surface area contributed by atoms with Crippen LogP contribution < -0.4 is 14.8 Å². The highest BCUT2D eigenvalue weighted by molar-refractivity contribution is 8.26. The summed E-state index contributed by atoms with van der Waals surface area (Å²) >= 11 is 7.17. The molecular weight excluding hydrogens is 1040 g/mol. The lowest BCUT2D eigenvalue weighted by Crippen LogP contribution is -2.44. The van der Waals surface area contributed by atoms with Gasteiger partial charge in [-0.05, 0) is 107 Å². The molecule has 3 heterocycles. The van der Waals surface area contributed by atoms with Crippen LogP contribution in [0.5, 0.6) is 11.5 Å². The number of fused-ring (bicyclic) bond motifs is 5. The van der Waals surface area contributed by atoms with Crippen LogP contribution in [-0.4, -0.2) is 76.3 Å². The molecule has 3 fully saturated rings. The molecular formula is C66H60N4O8S2. The Balaban J connectivity index is 0.813. The fourth-order valence-electron chi connectivity index (χ4n) is 12.6. The summed E-state index contributed by atoms with van der Waals surface area (Å²) in [5, 5.41) is 2.89. The maximum atomic E-state index is 14.6. The van der Waals surface area contributed by atoms with Crippen LogP contribution in [0.4, 0.5) is 4.79 Å². The van der Waals surface area contributed by atoms with Gasteiger partial charge in [0.25, 0.3) is 5.91 Å². The molecule has 2 bridgehead atoms. The number of esters is 1. The van der Waals surface area contributed by atoms with E-state index in [-0.39, 0.29) is 37.5 Å². The third-order valence-corrected chi connectivity index (χ3v) is 17.7. The van der Waals surface area contributed by atoms with Crippen molar-refractivity contribution in [2.45, 2.75) is 68.5 Å². The van der Waals surface area contributed by atoms with E-state index in [4.69, 9.17) is 40.6 Å². The maximum Gasteiger partial charge on any atom is 0.407 e. The van der Waals surface area contributed by atoms with E-state index < -0.39 is 23.6 Å². The van der Waals surface area contributed by atoms with Crippen molar-refractivity contribution in [3.8, 4) is 33.9 Å². The maximum absolute atomic E-state index is 14.6. The van der Waals surface area contributed by atoms with Gasteiger partial charge in [0, 0.05) is 42.3 Å². The van der Waals surface area contributed by atoms with Crippen molar-refractivity contribution in [3.63, 3.8) is 0 Å². The molecule has 8 aromatic rings. The van der Waals surface area contributed by atoms with Crippen molar-refractivity contribution < 1.29 is 37.7 Å². The van der Waals surface area contributed by atoms with Crippen molar-refractivity contribution in [2.24, 2.45) is 11.8 Å². The Morgan fingerprint density at radius 2 is 1.40 bits per heavy atom. The second-order valence-electron chi connectivity index (χ2n) is 21.0. The molecule has 4 atom stereocenters. The van der Waals surface area contributed by atoms with Gasteiger partial charge in [-0.15, -0.1) is 0 Å². The minimum absolute atomic E-state index is 0.00409. The second-order valence-corrected chi connectivity index (χ2v) is 22.6. The number of rotatable bonds is 19. The SMILES string of the molecule is COc1cc(OC)cc(-c2cc(CCCOC(=O)C(Cc3cn(C(c4ccccc4)(c4ccccc4)c4ccccc4)cn3)NC(=O)OCC3c4ccccc4-c4ccccc43)c(C=C3SC(=S)N(C4CC5CCC4C5)C3=O)o2)c1. The van der Waals surface area contributed by atoms with Crippen LogP contribution in [-0.2, 0) is 37.4 Å². The molecule has 4 unspecified atom stereocenters. The number of amides is 2. The van der Waals surface area contributed by atoms with E-state index in [0.29, 0.717) is 62.6 Å². The number of hydrogen-bond acceptors (Lipinski definition) is 11. The first-order valence-corrected chi connectivity index (χ1v) is 28.5. The molecule has 2 aromatic heterocycles. The molecule has 12 rings (SSSR count). The molecule has 1 N–H and O–H groups in total. The molecule has 2 amide bonds. The number of aromatic nitrogens is 2. The zero-order chi connectivity index (χ0) is 54.7. The summed E-state index contributed by atoms with van der Waals surface area (Å²) in [5.41, 5.74) is 8.62. The van der Waals surface area contributed by atoms with E-state index in [1.807, 2.05) is 108 Å². The van der Waals surface area contributed by atoms with Gasteiger partial charge in [-0.25, -0.2) is 14.6 Å². The summed E-state index contributed by atoms with van der Waals surface area (Å²) in [5.74, 6) is 2.43. The Kier molecular flexibility index (Phi) is 15.0. The highest BCUT2D eigenvalue weighted by Crippen LogP contribution is 2.50. The van der Waals surface area contributed by atoms with Crippen molar-refractivity contribution in [1.29, 1.82) is 0 Å². The lowest BCUT2D eigenvalue weighted by Gasteiger charge is -2.37. The van der Waals surface area contributed by atoms with Crippen LogP contribution in [0.1, 0.15) is 82.9 Å². The first kappa shape index (κ1) is 52.5. The van der Waals surface area contributed by atoms with Crippen LogP contribution in [0.15, 0.2) is 186 Å². The normalized spacial score (nSPS) is 18.3. The third-order valence-electron chi connectivity index (χ3n) is 16.4. The zero-order valence-electron chi connectivity index (χ0n) is 44.5. The number of aryl methyl sites for hydroxylation is 1. The van der Waals surface area contributed by atoms with Gasteiger partial charge in [0.15, 0.2) is 0 Å². The number of alkyl carbamates (subject to hydrolysis) is 1. The molecule has 4 aliphatic rings. The number of thiocarbonyl (C=S) groups is 1. The molecule has 2 saturated carbocycles. The number of hydrogen-bond donors (Lipinski definition) is 1. The number of imidazole rings is 1. The number of carbonyl (C=O) groups is 3. The smallest absolute Gasteiger partial charge is 0.407 e. The van der Waals surface area contributed by atoms with Crippen molar-refractivity contribution in [3.05, 3.63) is 226 Å². The Bertz CT molecular complexity index is 3450. The average molecular weight is 1100 g/mol. The van der Waals surface area contributed by atoms with Gasteiger partial charge < -0.3 is 33.2 Å². The fourth-order valence-corrected chi connectivity index (χ4v) is 14.0. The Labute approximate surface area is 475 Å². The molecule has 6 aromatic carbocycles. The van der Waals surface area contributed by atoms with Crippen LogP contribution >= 0.6 is 24.0 Å². The van der Waals surface area contributed by atoms with Crippen LogP contribution in [0.25, 0.3) is 28.5 Å². The predicted molar refractivity (Wildman–Crippen MR) is 313 cm³/mol. The number of carbonyl (C=O) groups excluding carboxylic acids is 3. The number of methoxy groups -OCH3 is 2. The molecule has 0 radical (unpaired) electrons. The minimum atomic E-state index is -1.18. The summed E-state index contributed by atoms with van der Waals surface area (Å²) in [7, 11) is 3.19. The van der Waals surface area contributed by atoms with Gasteiger partial charge >= 0.3 is 12.1 Å². The fraction of sp³-hybridized carbons (Fsp3) is 0.258. The first-order valence-electron chi connectivity index (χ1n) is 27.3. The summed E-state index contributed by atoms with van der Waals surface area (Å²) < 4.78 is 32.6. The van der Waals surface area contributed by atoms with Gasteiger partial charge in [-0.1, -0.05) is 170 Å². The molecule has 3 aliphatic carbocycles. The highest BCUT2D eigenvalue weighted by Gasteiger charge is 2.48. The summed E-state index contributed by atoms with van der Waals surface area (Å²) in [6.45, 7) is 0.0712. The molecule has 14 heteroatoms. The Morgan fingerprint density at radius 1 is 0.787 bits per heavy atom. The van der Waals surface area contributed by atoms with E-state index in [1.165, 1.54) is 18.2 Å². The van der Waals surface area contributed by atoms with Gasteiger partial charge in [0.1, 0.15) is 45.5 Å². The van der Waals surface area contributed by atoms with E-state index in [1.54, 1.807) is 32.7 Å². The van der Waals surface area contributed by atoms with Crippen molar-refractivity contribution in [1.82, 2.24) is 19.8 Å². The lowest BCUT2D eigenvalue weighted by atomic mass is 9.77. The standard InChI is InChI=1S/C66H60N4O8S2/c1-74-50-33-45(34-51(37-50)75-2)59-35-44(60(78-59)38-61-62(71)70(65(79)80-61)58-32-42-28-29-43(58)31-42)17-16-30-76-63(72)57(68-64(73)77-40-56-54-26-14-12-24-52(54)53-25-13-15-27-55(53)56)36-49-39-69(41-67-49)66(46-18-6-3-7-19-46,47-20-8-4-9-21-47)48-22-10-5-11-23-48/h3-15,18-27,33-35,37-39,41-43,56-58H,16-17,28-32,36,40H2,1-2H3,(H,68,73). The molecule has 404 valence electrons. The zero-order valence-corrected chi connectivity index (χ0v) is 46.1. The number of nitrogens with zero attached hydrogens (tertiary/aromatic N) is 3. The van der Waals surface area contributed by atoms with Gasteiger partial charge in [0.05, 0.1) is 37.8 Å². The number of nitrogens with one attached hydrogen (secondary N) is 1. The number of furan rings is 1. The Hall–Kier alpha value is -8.20. The molecule has 12 nitrogen and oxygen atoms in total. The second kappa shape index (κ2) is 22.9. The summed E-state index contributed by atoms with van der Waals surface area (Å²) in [6.07, 6.45) is 10.1. The molecule has 80 heavy (non-hydrogen) atoms. The minimum Gasteiger partial charge on any atom is -0.497 e. The van der Waals surface area contributed by atoms with Crippen molar-refractivity contribution >= 4 is 52.3 Å². The van der Waals surface area contributed by atoms with E-state index in [9.17, 15) is 14.4 Å². The lowest BCUT2D eigenvalue weighted by molar-refractivity contribution is -0.146. The Morgan fingerprint density at radius 3 is 1.99 bits per heavy atom. The third kappa shape index (κ3) is 10.2. The largest absolute Gasteiger partial charge is 0.497 e. The van der Waals surface area contributed by atoms with E-state index in [0.717, 1.165) is 69.3 Å². The monoisotopic (exact) mass is 1100 g/mol. The quantitative estimate of drug-likeness (QED) is 0.0273. The number of benzene rings is 6. The summed E-state index contributed by atoms with van der Waals surface area (Å²) in [4.78, 5) is 50.1. The van der Waals surface area contributed by atoms with E-state index >= 15 is 0 Å². The van der Waals surface area contributed by atoms with Crippen LogP contribution in [0.2, 0.25) is 0 Å².